The summed E-state index contributed by atoms with van der Waals surface area (Å²) >= 11 is 1.65. The second-order valence-corrected chi connectivity index (χ2v) is 3.72. The van der Waals surface area contributed by atoms with Gasteiger partial charge < -0.3 is 16.6 Å². The molecule has 5 heteroatoms. The van der Waals surface area contributed by atoms with Crippen LogP contribution < -0.4 is 11.5 Å². The quantitative estimate of drug-likeness (QED) is 0.386. The minimum absolute atomic E-state index is 0.126. The zero-order valence-electron chi connectivity index (χ0n) is 6.66. The van der Waals surface area contributed by atoms with Crippen LogP contribution in [0, 0.1) is 0 Å². The van der Waals surface area contributed by atoms with Gasteiger partial charge in [0.2, 0.25) is 0 Å². The molecular formula is C6H15N3OS. The lowest BCUT2D eigenvalue weighted by atomic mass is 10.5. The van der Waals surface area contributed by atoms with E-state index in [9.17, 15) is 0 Å². The lowest BCUT2D eigenvalue weighted by Crippen LogP contribution is -2.24. The number of nitrogens with zero attached hydrogens (tertiary/aromatic N) is 1. The molecule has 0 aliphatic carbocycles. The first-order chi connectivity index (χ1) is 5.16. The van der Waals surface area contributed by atoms with Crippen LogP contribution in [0.2, 0.25) is 0 Å². The SMILES string of the molecule is CC(CN=C(N)N)SCCO. The third-order valence-corrected chi connectivity index (χ3v) is 2.16. The second-order valence-electron chi connectivity index (χ2n) is 2.17. The Labute approximate surface area is 71.1 Å². The van der Waals surface area contributed by atoms with E-state index in [0.717, 1.165) is 5.75 Å². The van der Waals surface area contributed by atoms with Gasteiger partial charge >= 0.3 is 0 Å². The summed E-state index contributed by atoms with van der Waals surface area (Å²) in [6.45, 7) is 2.84. The largest absolute Gasteiger partial charge is 0.396 e. The van der Waals surface area contributed by atoms with Crippen molar-refractivity contribution in [3.63, 3.8) is 0 Å². The fraction of sp³-hybridized carbons (Fsp3) is 0.833. The minimum Gasteiger partial charge on any atom is -0.396 e. The Morgan fingerprint density at radius 3 is 2.73 bits per heavy atom. The highest BCUT2D eigenvalue weighted by molar-refractivity contribution is 7.99. The molecule has 0 bridgehead atoms. The third-order valence-electron chi connectivity index (χ3n) is 1.02. The number of rotatable bonds is 5. The molecule has 0 fully saturated rings. The van der Waals surface area contributed by atoms with Crippen LogP contribution in [0.15, 0.2) is 4.99 Å². The second kappa shape index (κ2) is 6.30. The normalized spacial score (nSPS) is 12.5. The maximum Gasteiger partial charge on any atom is 0.185 e. The van der Waals surface area contributed by atoms with Gasteiger partial charge in [-0.25, -0.2) is 0 Å². The fourth-order valence-corrected chi connectivity index (χ4v) is 1.23. The fourth-order valence-electron chi connectivity index (χ4n) is 0.541. The van der Waals surface area contributed by atoms with E-state index in [-0.39, 0.29) is 12.6 Å². The van der Waals surface area contributed by atoms with Crippen molar-refractivity contribution >= 4 is 17.7 Å². The highest BCUT2D eigenvalue weighted by Gasteiger charge is 1.99. The van der Waals surface area contributed by atoms with Gasteiger partial charge in [-0.3, -0.25) is 4.99 Å². The molecule has 0 spiro atoms. The van der Waals surface area contributed by atoms with Crippen molar-refractivity contribution < 1.29 is 5.11 Å². The predicted molar refractivity (Wildman–Crippen MR) is 49.7 cm³/mol. The van der Waals surface area contributed by atoms with Crippen molar-refractivity contribution in [2.75, 3.05) is 18.9 Å². The average Bonchev–Trinajstić information content (AvgIpc) is 1.97. The first-order valence-corrected chi connectivity index (χ1v) is 4.49. The summed E-state index contributed by atoms with van der Waals surface area (Å²) in [6, 6.07) is 0. The Bertz CT molecular complexity index is 125. The van der Waals surface area contributed by atoms with Crippen LogP contribution in [0.25, 0.3) is 0 Å². The number of hydrogen-bond donors (Lipinski definition) is 3. The summed E-state index contributed by atoms with van der Waals surface area (Å²) < 4.78 is 0. The van der Waals surface area contributed by atoms with Crippen LogP contribution in [0.3, 0.4) is 0 Å². The summed E-state index contributed by atoms with van der Waals surface area (Å²) in [5.41, 5.74) is 10.3. The highest BCUT2D eigenvalue weighted by Crippen LogP contribution is 2.08. The Kier molecular flexibility index (Phi) is 6.06. The molecule has 0 aromatic heterocycles. The van der Waals surface area contributed by atoms with Gasteiger partial charge in [0.05, 0.1) is 13.2 Å². The molecule has 1 atom stereocenters. The summed E-state index contributed by atoms with van der Waals surface area (Å²) in [7, 11) is 0. The number of guanidine groups is 1. The van der Waals surface area contributed by atoms with Gasteiger partial charge in [-0.2, -0.15) is 11.8 Å². The van der Waals surface area contributed by atoms with E-state index >= 15 is 0 Å². The van der Waals surface area contributed by atoms with Gasteiger partial charge in [0.15, 0.2) is 5.96 Å². The maximum absolute atomic E-state index is 8.49. The number of aliphatic hydroxyl groups is 1. The molecule has 1 unspecified atom stereocenters. The number of aliphatic hydroxyl groups excluding tert-OH is 1. The lowest BCUT2D eigenvalue weighted by Gasteiger charge is -2.05. The van der Waals surface area contributed by atoms with Crippen LogP contribution in [0.5, 0.6) is 0 Å². The molecule has 0 aliphatic rings. The first-order valence-electron chi connectivity index (χ1n) is 3.44. The van der Waals surface area contributed by atoms with Crippen molar-refractivity contribution in [3.8, 4) is 0 Å². The van der Waals surface area contributed by atoms with Crippen LogP contribution in [0.4, 0.5) is 0 Å². The van der Waals surface area contributed by atoms with Crippen LogP contribution in [-0.2, 0) is 0 Å². The molecule has 0 aromatic rings. The smallest absolute Gasteiger partial charge is 0.185 e. The predicted octanol–water partition coefficient (Wildman–Crippen LogP) is -0.626. The van der Waals surface area contributed by atoms with E-state index in [1.165, 1.54) is 0 Å². The monoisotopic (exact) mass is 177 g/mol. The number of thioether (sulfide) groups is 1. The molecular weight excluding hydrogens is 162 g/mol. The Balaban J connectivity index is 3.36. The van der Waals surface area contributed by atoms with Crippen molar-refractivity contribution in [3.05, 3.63) is 0 Å². The zero-order valence-corrected chi connectivity index (χ0v) is 7.47. The van der Waals surface area contributed by atoms with E-state index in [1.54, 1.807) is 11.8 Å². The van der Waals surface area contributed by atoms with Crippen molar-refractivity contribution in [1.82, 2.24) is 0 Å². The maximum atomic E-state index is 8.49. The van der Waals surface area contributed by atoms with E-state index in [4.69, 9.17) is 16.6 Å². The van der Waals surface area contributed by atoms with Gasteiger partial charge in [0, 0.05) is 11.0 Å². The zero-order chi connectivity index (χ0) is 8.69. The van der Waals surface area contributed by atoms with Crippen molar-refractivity contribution in [2.45, 2.75) is 12.2 Å². The Hall–Kier alpha value is -0.420. The molecule has 0 aliphatic heterocycles. The standard InChI is InChI=1S/C6H15N3OS/c1-5(11-3-2-10)4-9-6(7)8/h5,10H,2-4H2,1H3,(H4,7,8,9). The number of hydrogen-bond acceptors (Lipinski definition) is 3. The van der Waals surface area contributed by atoms with E-state index < -0.39 is 0 Å². The molecule has 0 saturated heterocycles. The molecule has 5 N–H and O–H groups in total. The molecule has 0 aromatic carbocycles. The molecule has 0 amide bonds. The number of aliphatic imine (C=N–C) groups is 1. The van der Waals surface area contributed by atoms with Crippen molar-refractivity contribution in [2.24, 2.45) is 16.5 Å². The van der Waals surface area contributed by atoms with Gasteiger partial charge in [-0.05, 0) is 0 Å². The molecule has 0 heterocycles. The third kappa shape index (κ3) is 7.48. The van der Waals surface area contributed by atoms with Gasteiger partial charge in [0.25, 0.3) is 0 Å². The molecule has 66 valence electrons. The minimum atomic E-state index is 0.126. The molecule has 4 nitrogen and oxygen atoms in total. The van der Waals surface area contributed by atoms with E-state index in [1.807, 2.05) is 6.92 Å². The Morgan fingerprint density at radius 2 is 2.27 bits per heavy atom. The van der Waals surface area contributed by atoms with E-state index in [0.29, 0.717) is 11.8 Å². The molecule has 11 heavy (non-hydrogen) atoms. The van der Waals surface area contributed by atoms with Gasteiger partial charge in [-0.15, -0.1) is 0 Å². The van der Waals surface area contributed by atoms with Crippen LogP contribution in [-0.4, -0.2) is 35.2 Å². The van der Waals surface area contributed by atoms with Crippen LogP contribution in [0.1, 0.15) is 6.92 Å². The summed E-state index contributed by atoms with van der Waals surface area (Å²) in [5, 5.41) is 8.85. The average molecular weight is 177 g/mol. The summed E-state index contributed by atoms with van der Waals surface area (Å²) in [5.74, 6) is 0.864. The summed E-state index contributed by atoms with van der Waals surface area (Å²) in [4.78, 5) is 3.85. The highest BCUT2D eigenvalue weighted by atomic mass is 32.2. The van der Waals surface area contributed by atoms with Crippen LogP contribution >= 0.6 is 11.8 Å². The Morgan fingerprint density at radius 1 is 1.64 bits per heavy atom. The topological polar surface area (TPSA) is 84.6 Å². The first kappa shape index (κ1) is 10.6. The molecule has 0 saturated carbocycles. The summed E-state index contributed by atoms with van der Waals surface area (Å²) in [6.07, 6.45) is 0. The lowest BCUT2D eigenvalue weighted by molar-refractivity contribution is 0.322. The van der Waals surface area contributed by atoms with Crippen molar-refractivity contribution in [1.29, 1.82) is 0 Å². The number of nitrogens with two attached hydrogens (primary N) is 2. The van der Waals surface area contributed by atoms with Gasteiger partial charge in [-0.1, -0.05) is 6.92 Å². The molecule has 0 radical (unpaired) electrons. The van der Waals surface area contributed by atoms with E-state index in [2.05, 4.69) is 4.99 Å². The molecule has 0 rings (SSSR count). The van der Waals surface area contributed by atoms with Gasteiger partial charge in [0.1, 0.15) is 0 Å².